The molecule has 0 saturated carbocycles. The molecule has 0 saturated heterocycles. The van der Waals surface area contributed by atoms with E-state index >= 15 is 0 Å². The zero-order chi connectivity index (χ0) is 13.2. The average molecular weight is 244 g/mol. The maximum atomic E-state index is 10.2. The lowest BCUT2D eigenvalue weighted by Crippen LogP contribution is -2.00. The fourth-order valence-electron chi connectivity index (χ4n) is 1.88. The van der Waals surface area contributed by atoms with Crippen molar-refractivity contribution < 1.29 is 5.11 Å². The van der Waals surface area contributed by atoms with Crippen molar-refractivity contribution in [1.82, 2.24) is 0 Å². The van der Waals surface area contributed by atoms with E-state index in [1.807, 2.05) is 24.3 Å². The average Bonchev–Trinajstić information content (AvgIpc) is 2.41. The number of aliphatic hydroxyl groups is 1. The highest BCUT2D eigenvalue weighted by Crippen LogP contribution is 2.22. The normalized spacial score (nSPS) is 11.7. The first-order chi connectivity index (χ1) is 8.79. The summed E-state index contributed by atoms with van der Waals surface area (Å²) in [4.78, 5) is 0. The Morgan fingerprint density at radius 1 is 1.11 bits per heavy atom. The Balaban J connectivity index is 2.74. The van der Waals surface area contributed by atoms with Crippen LogP contribution in [0.2, 0.25) is 0 Å². The molecule has 98 valence electrons. The molecule has 0 aliphatic heterocycles. The number of hydrogen-bond donors (Lipinski definition) is 1. The van der Waals surface area contributed by atoms with Crippen molar-refractivity contribution in [3.05, 3.63) is 35.4 Å². The molecule has 1 rings (SSSR count). The minimum absolute atomic E-state index is 0.373. The zero-order valence-electron chi connectivity index (χ0n) is 11.6. The van der Waals surface area contributed by atoms with Gasteiger partial charge in [0.25, 0.3) is 0 Å². The van der Waals surface area contributed by atoms with Crippen LogP contribution in [0.15, 0.2) is 24.3 Å². The van der Waals surface area contributed by atoms with Crippen molar-refractivity contribution >= 4 is 0 Å². The summed E-state index contributed by atoms with van der Waals surface area (Å²) >= 11 is 0. The van der Waals surface area contributed by atoms with E-state index in [2.05, 4.69) is 25.7 Å². The van der Waals surface area contributed by atoms with Gasteiger partial charge in [0.15, 0.2) is 0 Å². The van der Waals surface area contributed by atoms with Crippen LogP contribution in [0, 0.1) is 11.8 Å². The summed E-state index contributed by atoms with van der Waals surface area (Å²) in [5.41, 5.74) is 1.96. The second kappa shape index (κ2) is 8.78. The van der Waals surface area contributed by atoms with Crippen LogP contribution in [0.5, 0.6) is 0 Å². The topological polar surface area (TPSA) is 20.2 Å². The molecule has 0 aromatic heterocycles. The van der Waals surface area contributed by atoms with Crippen LogP contribution in [0.4, 0.5) is 0 Å². The molecule has 1 unspecified atom stereocenters. The van der Waals surface area contributed by atoms with Crippen molar-refractivity contribution in [2.24, 2.45) is 0 Å². The molecular weight excluding hydrogens is 220 g/mol. The monoisotopic (exact) mass is 244 g/mol. The molecule has 1 heteroatoms. The molecule has 1 nitrogen and oxygen atoms in total. The molecule has 0 aliphatic rings. The maximum Gasteiger partial charge on any atom is 0.0802 e. The number of rotatable bonds is 6. The lowest BCUT2D eigenvalue weighted by molar-refractivity contribution is 0.164. The third kappa shape index (κ3) is 4.94. The fraction of sp³-hybridized carbons (Fsp3) is 0.529. The molecule has 0 heterocycles. The van der Waals surface area contributed by atoms with Crippen molar-refractivity contribution in [3.8, 4) is 11.8 Å². The van der Waals surface area contributed by atoms with Crippen LogP contribution in [0.1, 0.15) is 69.6 Å². The number of aliphatic hydroxyl groups excluding tert-OH is 1. The van der Waals surface area contributed by atoms with Crippen LogP contribution in [-0.2, 0) is 0 Å². The van der Waals surface area contributed by atoms with E-state index in [0.29, 0.717) is 0 Å². The molecule has 0 bridgehead atoms. The van der Waals surface area contributed by atoms with Gasteiger partial charge in [0, 0.05) is 12.0 Å². The Morgan fingerprint density at radius 3 is 2.56 bits per heavy atom. The van der Waals surface area contributed by atoms with Gasteiger partial charge in [-0.15, -0.1) is 0 Å². The van der Waals surface area contributed by atoms with Crippen molar-refractivity contribution in [2.75, 3.05) is 0 Å². The van der Waals surface area contributed by atoms with Crippen LogP contribution < -0.4 is 0 Å². The Kier molecular flexibility index (Phi) is 7.22. The molecule has 0 aliphatic carbocycles. The lowest BCUT2D eigenvalue weighted by atomic mass is 9.99. The smallest absolute Gasteiger partial charge is 0.0802 e. The second-order valence-corrected chi connectivity index (χ2v) is 4.65. The second-order valence-electron chi connectivity index (χ2n) is 4.65. The van der Waals surface area contributed by atoms with Crippen molar-refractivity contribution in [3.63, 3.8) is 0 Å². The maximum absolute atomic E-state index is 10.2. The van der Waals surface area contributed by atoms with Gasteiger partial charge in [-0.2, -0.15) is 0 Å². The fourth-order valence-corrected chi connectivity index (χ4v) is 1.88. The van der Waals surface area contributed by atoms with Gasteiger partial charge in [-0.3, -0.25) is 0 Å². The van der Waals surface area contributed by atoms with E-state index < -0.39 is 0 Å². The number of hydrogen-bond acceptors (Lipinski definition) is 1. The number of unbranched alkanes of at least 4 members (excludes halogenated alkanes) is 3. The summed E-state index contributed by atoms with van der Waals surface area (Å²) in [5, 5.41) is 10.2. The molecule has 18 heavy (non-hydrogen) atoms. The van der Waals surface area contributed by atoms with E-state index in [1.165, 1.54) is 6.42 Å². The Labute approximate surface area is 111 Å². The van der Waals surface area contributed by atoms with Gasteiger partial charge in [-0.25, -0.2) is 0 Å². The van der Waals surface area contributed by atoms with Gasteiger partial charge in [0.05, 0.1) is 6.10 Å². The summed E-state index contributed by atoms with van der Waals surface area (Å²) in [6, 6.07) is 7.95. The Morgan fingerprint density at radius 2 is 1.83 bits per heavy atom. The van der Waals surface area contributed by atoms with Gasteiger partial charge >= 0.3 is 0 Å². The van der Waals surface area contributed by atoms with Crippen LogP contribution in [0.25, 0.3) is 0 Å². The Bertz CT molecular complexity index is 398. The molecule has 1 aromatic rings. The first-order valence-electron chi connectivity index (χ1n) is 7.05. The SMILES string of the molecule is CCCCC#Cc1ccccc1C(O)CCCC. The lowest BCUT2D eigenvalue weighted by Gasteiger charge is -2.12. The minimum atomic E-state index is -0.373. The van der Waals surface area contributed by atoms with E-state index in [-0.39, 0.29) is 6.10 Å². The van der Waals surface area contributed by atoms with Gasteiger partial charge in [-0.1, -0.05) is 63.1 Å². The first kappa shape index (κ1) is 14.8. The van der Waals surface area contributed by atoms with Crippen LogP contribution >= 0.6 is 0 Å². The summed E-state index contributed by atoms with van der Waals surface area (Å²) in [7, 11) is 0. The standard InChI is InChI=1S/C17H24O/c1-3-5-7-8-11-15-12-9-10-13-16(15)17(18)14-6-4-2/h9-10,12-13,17-18H,3-7,14H2,1-2H3. The highest BCUT2D eigenvalue weighted by atomic mass is 16.3. The van der Waals surface area contributed by atoms with Gasteiger partial charge < -0.3 is 5.11 Å². The van der Waals surface area contributed by atoms with Gasteiger partial charge in [-0.05, 0) is 24.5 Å². The van der Waals surface area contributed by atoms with E-state index in [4.69, 9.17) is 0 Å². The molecule has 1 atom stereocenters. The van der Waals surface area contributed by atoms with Crippen molar-refractivity contribution in [1.29, 1.82) is 0 Å². The summed E-state index contributed by atoms with van der Waals surface area (Å²) in [6.07, 6.45) is 5.88. The van der Waals surface area contributed by atoms with Gasteiger partial charge in [0.2, 0.25) is 0 Å². The molecule has 1 aromatic carbocycles. The minimum Gasteiger partial charge on any atom is -0.388 e. The van der Waals surface area contributed by atoms with E-state index in [0.717, 1.165) is 43.2 Å². The molecule has 0 radical (unpaired) electrons. The highest BCUT2D eigenvalue weighted by Gasteiger charge is 2.09. The molecule has 0 fully saturated rings. The summed E-state index contributed by atoms with van der Waals surface area (Å²) < 4.78 is 0. The summed E-state index contributed by atoms with van der Waals surface area (Å²) in [6.45, 7) is 4.31. The van der Waals surface area contributed by atoms with Gasteiger partial charge in [0.1, 0.15) is 0 Å². The van der Waals surface area contributed by atoms with E-state index in [9.17, 15) is 5.11 Å². The van der Waals surface area contributed by atoms with Crippen LogP contribution in [0.3, 0.4) is 0 Å². The van der Waals surface area contributed by atoms with Crippen LogP contribution in [-0.4, -0.2) is 5.11 Å². The predicted octanol–water partition coefficient (Wildman–Crippen LogP) is 4.45. The zero-order valence-corrected chi connectivity index (χ0v) is 11.6. The van der Waals surface area contributed by atoms with Crippen molar-refractivity contribution in [2.45, 2.75) is 58.5 Å². The first-order valence-corrected chi connectivity index (χ1v) is 7.05. The number of benzene rings is 1. The molecule has 0 spiro atoms. The Hall–Kier alpha value is -1.26. The molecular formula is C17H24O. The third-order valence-electron chi connectivity index (χ3n) is 3.03. The highest BCUT2D eigenvalue weighted by molar-refractivity contribution is 5.42. The predicted molar refractivity (Wildman–Crippen MR) is 77.3 cm³/mol. The van der Waals surface area contributed by atoms with E-state index in [1.54, 1.807) is 0 Å². The third-order valence-corrected chi connectivity index (χ3v) is 3.03. The molecule has 1 N–H and O–H groups in total. The quantitative estimate of drug-likeness (QED) is 0.579. The summed E-state index contributed by atoms with van der Waals surface area (Å²) in [5.74, 6) is 6.39. The molecule has 0 amide bonds. The largest absolute Gasteiger partial charge is 0.388 e.